The molecule has 0 saturated heterocycles. The van der Waals surface area contributed by atoms with Crippen LogP contribution in [-0.4, -0.2) is 31.6 Å². The fourth-order valence-corrected chi connectivity index (χ4v) is 6.59. The molecule has 0 radical (unpaired) electrons. The maximum absolute atomic E-state index is 13.0. The molecule has 0 spiro atoms. The highest BCUT2D eigenvalue weighted by atomic mass is 16.1. The van der Waals surface area contributed by atoms with Crippen LogP contribution in [0.5, 0.6) is 0 Å². The summed E-state index contributed by atoms with van der Waals surface area (Å²) in [7, 11) is 0. The number of rotatable bonds is 6. The second-order valence-corrected chi connectivity index (χ2v) is 12.0. The standard InChI is InChI=1S/C36H36N6O/c1-22-10-11-25(19-27(17-22)40-33(43)18-24-7-4-3-5-8-24)31-13-12-28-23(2)39-35(34(28)41-31)32-20-30-29(14-16-38-36(30)42-32)26-9-6-15-37-21-26/h6,9,11-17,19-21,23-24H,3-5,7-8,10,18H2,1-2H3,(H,38,42)(H,40,43). The van der Waals surface area contributed by atoms with E-state index in [-0.39, 0.29) is 11.9 Å². The van der Waals surface area contributed by atoms with Gasteiger partial charge in [-0.1, -0.05) is 43.0 Å². The smallest absolute Gasteiger partial charge is 0.224 e. The minimum atomic E-state index is 0.000850. The van der Waals surface area contributed by atoms with Gasteiger partial charge in [0.25, 0.3) is 0 Å². The molecule has 7 nitrogen and oxygen atoms in total. The second-order valence-electron chi connectivity index (χ2n) is 12.0. The van der Waals surface area contributed by atoms with Gasteiger partial charge < -0.3 is 10.3 Å². The van der Waals surface area contributed by atoms with Gasteiger partial charge in [0.05, 0.1) is 23.1 Å². The normalized spacial score (nSPS) is 18.8. The highest BCUT2D eigenvalue weighted by Gasteiger charge is 2.27. The van der Waals surface area contributed by atoms with Gasteiger partial charge in [-0.05, 0) is 86.6 Å². The molecule has 1 aliphatic heterocycles. The van der Waals surface area contributed by atoms with Crippen LogP contribution in [0.15, 0.2) is 89.5 Å². The molecule has 2 aliphatic carbocycles. The summed E-state index contributed by atoms with van der Waals surface area (Å²) < 4.78 is 0. The van der Waals surface area contributed by atoms with Gasteiger partial charge in [0.1, 0.15) is 11.4 Å². The zero-order valence-corrected chi connectivity index (χ0v) is 24.7. The van der Waals surface area contributed by atoms with Gasteiger partial charge in [0.2, 0.25) is 5.91 Å². The Bertz CT molecular complexity index is 1820. The molecule has 0 aromatic carbocycles. The summed E-state index contributed by atoms with van der Waals surface area (Å²) >= 11 is 0. The number of pyridine rings is 3. The van der Waals surface area contributed by atoms with E-state index in [0.29, 0.717) is 12.3 Å². The van der Waals surface area contributed by atoms with Crippen LogP contribution in [0.4, 0.5) is 0 Å². The summed E-state index contributed by atoms with van der Waals surface area (Å²) in [5, 5.41) is 4.22. The number of aromatic amines is 1. The van der Waals surface area contributed by atoms with Gasteiger partial charge >= 0.3 is 0 Å². The van der Waals surface area contributed by atoms with Gasteiger partial charge in [-0.3, -0.25) is 14.8 Å². The fourth-order valence-electron chi connectivity index (χ4n) is 6.59. The molecule has 43 heavy (non-hydrogen) atoms. The Morgan fingerprint density at radius 3 is 2.79 bits per heavy atom. The highest BCUT2D eigenvalue weighted by Crippen LogP contribution is 2.35. The Morgan fingerprint density at radius 1 is 1.07 bits per heavy atom. The first-order valence-electron chi connectivity index (χ1n) is 15.4. The van der Waals surface area contributed by atoms with E-state index in [1.54, 1.807) is 6.20 Å². The maximum atomic E-state index is 13.0. The van der Waals surface area contributed by atoms with Crippen molar-refractivity contribution < 1.29 is 4.79 Å². The van der Waals surface area contributed by atoms with Crippen LogP contribution in [0.3, 0.4) is 0 Å². The van der Waals surface area contributed by atoms with E-state index in [1.165, 1.54) is 24.8 Å². The van der Waals surface area contributed by atoms with E-state index in [0.717, 1.165) is 81.0 Å². The van der Waals surface area contributed by atoms with Crippen molar-refractivity contribution in [1.29, 1.82) is 0 Å². The molecule has 7 heteroatoms. The predicted molar refractivity (Wildman–Crippen MR) is 171 cm³/mol. The molecule has 1 atom stereocenters. The van der Waals surface area contributed by atoms with Gasteiger partial charge in [0.15, 0.2) is 0 Å². The fraction of sp³-hybridized carbons (Fsp3) is 0.306. The molecule has 2 N–H and O–H groups in total. The lowest BCUT2D eigenvalue weighted by Crippen LogP contribution is -2.25. The second kappa shape index (κ2) is 11.6. The van der Waals surface area contributed by atoms with Gasteiger partial charge in [-0.25, -0.2) is 9.97 Å². The van der Waals surface area contributed by atoms with Crippen molar-refractivity contribution in [3.8, 4) is 11.1 Å². The van der Waals surface area contributed by atoms with Crippen molar-refractivity contribution >= 4 is 28.2 Å². The van der Waals surface area contributed by atoms with E-state index in [1.807, 2.05) is 24.5 Å². The molecule has 0 bridgehead atoms. The van der Waals surface area contributed by atoms with Crippen molar-refractivity contribution in [1.82, 2.24) is 25.3 Å². The number of nitrogens with zero attached hydrogens (tertiary/aromatic N) is 4. The first-order valence-corrected chi connectivity index (χ1v) is 15.4. The van der Waals surface area contributed by atoms with E-state index < -0.39 is 0 Å². The van der Waals surface area contributed by atoms with Crippen LogP contribution >= 0.6 is 0 Å². The monoisotopic (exact) mass is 568 g/mol. The zero-order chi connectivity index (χ0) is 29.3. The van der Waals surface area contributed by atoms with Gasteiger partial charge in [0, 0.05) is 47.2 Å². The van der Waals surface area contributed by atoms with Crippen LogP contribution < -0.4 is 5.32 Å². The topological polar surface area (TPSA) is 95.9 Å². The first-order chi connectivity index (χ1) is 21.0. The first kappa shape index (κ1) is 27.2. The van der Waals surface area contributed by atoms with Crippen molar-refractivity contribution in [2.45, 2.75) is 64.8 Å². The van der Waals surface area contributed by atoms with Crippen LogP contribution in [-0.2, 0) is 4.79 Å². The average Bonchev–Trinajstić information content (AvgIpc) is 3.54. The van der Waals surface area contributed by atoms with Crippen LogP contribution in [0.2, 0.25) is 0 Å². The molecular weight excluding hydrogens is 532 g/mol. The van der Waals surface area contributed by atoms with E-state index in [9.17, 15) is 4.79 Å². The Balaban J connectivity index is 1.19. The Kier molecular flexibility index (Phi) is 7.31. The lowest BCUT2D eigenvalue weighted by molar-refractivity contribution is -0.121. The van der Waals surface area contributed by atoms with Crippen molar-refractivity contribution in [3.63, 3.8) is 0 Å². The molecule has 7 rings (SSSR count). The van der Waals surface area contributed by atoms with E-state index >= 15 is 0 Å². The Labute approximate surface area is 252 Å². The maximum Gasteiger partial charge on any atom is 0.224 e. The number of fused-ring (bicyclic) bond motifs is 2. The summed E-state index contributed by atoms with van der Waals surface area (Å²) in [5.74, 6) is 0.602. The third kappa shape index (κ3) is 5.59. The van der Waals surface area contributed by atoms with Crippen LogP contribution in [0.25, 0.3) is 27.7 Å². The third-order valence-electron chi connectivity index (χ3n) is 8.82. The minimum Gasteiger partial charge on any atom is -0.338 e. The highest BCUT2D eigenvalue weighted by molar-refractivity contribution is 6.15. The number of hydrogen-bond donors (Lipinski definition) is 2. The van der Waals surface area contributed by atoms with Crippen molar-refractivity contribution in [3.05, 3.63) is 107 Å². The summed E-state index contributed by atoms with van der Waals surface area (Å²) in [6.45, 7) is 4.21. The number of carbonyl (C=O) groups excluding carboxylic acids is 1. The lowest BCUT2D eigenvalue weighted by atomic mass is 9.87. The zero-order valence-electron chi connectivity index (χ0n) is 24.7. The summed E-state index contributed by atoms with van der Waals surface area (Å²) in [5.41, 5.74) is 10.5. The molecule has 3 aliphatic rings. The van der Waals surface area contributed by atoms with Crippen LogP contribution in [0, 0.1) is 5.92 Å². The SMILES string of the molecule is CC1=CC(NC(=O)CC2CCCCC2)=CC(c2ccc3c(n2)C(c2cc4c(-c5cccnc5)ccnc4[nH]2)=NC3C)=CC1. The third-order valence-corrected chi connectivity index (χ3v) is 8.82. The number of aromatic nitrogens is 4. The molecule has 1 amide bonds. The van der Waals surface area contributed by atoms with E-state index in [2.05, 4.69) is 76.6 Å². The molecule has 216 valence electrons. The molecular formula is C36H36N6O. The molecule has 1 saturated carbocycles. The number of hydrogen-bond acceptors (Lipinski definition) is 5. The summed E-state index contributed by atoms with van der Waals surface area (Å²) in [6.07, 6.45) is 19.3. The van der Waals surface area contributed by atoms with E-state index in [4.69, 9.17) is 9.98 Å². The molecule has 1 unspecified atom stereocenters. The average molecular weight is 569 g/mol. The summed E-state index contributed by atoms with van der Waals surface area (Å²) in [4.78, 5) is 35.6. The van der Waals surface area contributed by atoms with Gasteiger partial charge in [-0.15, -0.1) is 0 Å². The Hall–Kier alpha value is -4.65. The number of aliphatic imine (C=N–C) groups is 1. The van der Waals surface area contributed by atoms with Crippen molar-refractivity contribution in [2.75, 3.05) is 0 Å². The number of H-pyrrole nitrogens is 1. The number of amides is 1. The molecule has 4 aromatic rings. The number of nitrogens with one attached hydrogen (secondary N) is 2. The molecule has 4 aromatic heterocycles. The van der Waals surface area contributed by atoms with Gasteiger partial charge in [-0.2, -0.15) is 0 Å². The molecule has 1 fully saturated rings. The quantitative estimate of drug-likeness (QED) is 0.250. The Morgan fingerprint density at radius 2 is 1.95 bits per heavy atom. The number of allylic oxidation sites excluding steroid dienone is 5. The largest absolute Gasteiger partial charge is 0.338 e. The molecule has 5 heterocycles. The van der Waals surface area contributed by atoms with Crippen molar-refractivity contribution in [2.24, 2.45) is 10.9 Å². The predicted octanol–water partition coefficient (Wildman–Crippen LogP) is 7.64. The lowest BCUT2D eigenvalue weighted by Gasteiger charge is -2.21. The number of carbonyl (C=O) groups is 1. The summed E-state index contributed by atoms with van der Waals surface area (Å²) in [6, 6.07) is 12.4. The van der Waals surface area contributed by atoms with Crippen LogP contribution in [0.1, 0.15) is 87.5 Å². The minimum absolute atomic E-state index is 0.000850.